The number of amides is 1. The number of H-pyrrole nitrogens is 1. The third-order valence-corrected chi connectivity index (χ3v) is 5.13. The highest BCUT2D eigenvalue weighted by atomic mass is 19.1. The third kappa shape index (κ3) is 4.22. The van der Waals surface area contributed by atoms with Crippen LogP contribution in [0.25, 0.3) is 16.6 Å². The van der Waals surface area contributed by atoms with E-state index in [9.17, 15) is 24.0 Å². The van der Waals surface area contributed by atoms with Crippen LogP contribution in [0.2, 0.25) is 0 Å². The maximum absolute atomic E-state index is 13.3. The molecule has 0 unspecified atom stereocenters. The van der Waals surface area contributed by atoms with Crippen molar-refractivity contribution in [1.29, 1.82) is 5.26 Å². The Morgan fingerprint density at radius 1 is 1.18 bits per heavy atom. The summed E-state index contributed by atoms with van der Waals surface area (Å²) in [4.78, 5) is 40.4. The van der Waals surface area contributed by atoms with E-state index < -0.39 is 17.3 Å². The molecule has 2 heterocycles. The molecule has 34 heavy (non-hydrogen) atoms. The minimum absolute atomic E-state index is 0.0672. The molecule has 0 saturated heterocycles. The van der Waals surface area contributed by atoms with Crippen LogP contribution in [0.3, 0.4) is 0 Å². The van der Waals surface area contributed by atoms with E-state index in [0.29, 0.717) is 5.52 Å². The van der Waals surface area contributed by atoms with E-state index in [1.54, 1.807) is 18.2 Å². The first-order valence-electron chi connectivity index (χ1n) is 10.1. The van der Waals surface area contributed by atoms with Gasteiger partial charge in [-0.2, -0.15) is 20.1 Å². The molecule has 4 aromatic rings. The van der Waals surface area contributed by atoms with Crippen LogP contribution in [-0.2, 0) is 0 Å². The van der Waals surface area contributed by atoms with Crippen LogP contribution in [0.15, 0.2) is 63.2 Å². The molecule has 0 aliphatic carbocycles. The minimum atomic E-state index is -0.797. The van der Waals surface area contributed by atoms with Gasteiger partial charge in [-0.1, -0.05) is 11.6 Å². The summed E-state index contributed by atoms with van der Waals surface area (Å²) in [6, 6.07) is 13.8. The number of pyridine rings is 1. The van der Waals surface area contributed by atoms with Crippen molar-refractivity contribution in [3.05, 3.63) is 103 Å². The van der Waals surface area contributed by atoms with Crippen LogP contribution in [-0.4, -0.2) is 26.9 Å². The number of carbonyl (C=O) groups excluding carboxylic acids is 1. The van der Waals surface area contributed by atoms with Crippen LogP contribution in [0.4, 0.5) is 4.39 Å². The van der Waals surface area contributed by atoms with Gasteiger partial charge in [0.25, 0.3) is 17.0 Å². The Hall–Kier alpha value is -4.91. The number of aryl methyl sites for hydroxylation is 1. The van der Waals surface area contributed by atoms with Crippen molar-refractivity contribution >= 4 is 23.0 Å². The summed E-state index contributed by atoms with van der Waals surface area (Å²) in [5.41, 5.74) is 2.78. The lowest BCUT2D eigenvalue weighted by Crippen LogP contribution is -2.31. The van der Waals surface area contributed by atoms with Gasteiger partial charge in [0.05, 0.1) is 17.5 Å². The van der Waals surface area contributed by atoms with Gasteiger partial charge in [-0.3, -0.25) is 14.4 Å². The lowest BCUT2D eigenvalue weighted by Gasteiger charge is -2.10. The maximum atomic E-state index is 13.3. The van der Waals surface area contributed by atoms with E-state index in [0.717, 1.165) is 27.8 Å². The molecule has 4 rings (SSSR count). The molecule has 2 N–H and O–H groups in total. The first-order valence-corrected chi connectivity index (χ1v) is 10.1. The van der Waals surface area contributed by atoms with E-state index in [1.807, 2.05) is 19.1 Å². The van der Waals surface area contributed by atoms with Crippen molar-refractivity contribution in [1.82, 2.24) is 20.2 Å². The Labute approximate surface area is 191 Å². The molecule has 0 aliphatic heterocycles. The Morgan fingerprint density at radius 2 is 1.91 bits per heavy atom. The van der Waals surface area contributed by atoms with Crippen LogP contribution in [0.1, 0.15) is 32.7 Å². The number of nitriles is 1. The molecule has 9 nitrogen and oxygen atoms in total. The smallest absolute Gasteiger partial charge is 0.292 e. The zero-order chi connectivity index (χ0) is 24.4. The van der Waals surface area contributed by atoms with E-state index in [4.69, 9.17) is 0 Å². The molecule has 0 fully saturated rings. The largest absolute Gasteiger partial charge is 0.321 e. The van der Waals surface area contributed by atoms with Gasteiger partial charge in [-0.25, -0.2) is 9.82 Å². The lowest BCUT2D eigenvalue weighted by molar-refractivity contribution is 0.0947. The minimum Gasteiger partial charge on any atom is -0.321 e. The monoisotopic (exact) mass is 456 g/mol. The second-order valence-electron chi connectivity index (χ2n) is 7.50. The van der Waals surface area contributed by atoms with Crippen molar-refractivity contribution in [2.75, 3.05) is 0 Å². The summed E-state index contributed by atoms with van der Waals surface area (Å²) in [6.45, 7) is 3.34. The highest BCUT2D eigenvalue weighted by Crippen LogP contribution is 2.13. The topological polar surface area (TPSA) is 133 Å². The quantitative estimate of drug-likeness (QED) is 0.360. The molecule has 2 aromatic carbocycles. The van der Waals surface area contributed by atoms with Crippen LogP contribution in [0.5, 0.6) is 0 Å². The molecule has 0 atom stereocenters. The van der Waals surface area contributed by atoms with Crippen molar-refractivity contribution in [3.8, 4) is 11.8 Å². The normalized spacial score (nSPS) is 11.0. The number of nitrogens with zero attached hydrogens (tertiary/aromatic N) is 4. The maximum Gasteiger partial charge on any atom is 0.292 e. The van der Waals surface area contributed by atoms with Gasteiger partial charge in [-0.05, 0) is 61.7 Å². The number of nitrogens with one attached hydrogen (secondary N) is 2. The van der Waals surface area contributed by atoms with Gasteiger partial charge in [0, 0.05) is 11.1 Å². The SMILES string of the molecule is Cc1ccc2[nH]c(=O)c(/C=N/NC(=O)c3nn(-c4ccc(F)cc4)c(=O)c(C#N)c3C)cc2c1. The number of aromatic amines is 1. The Bertz CT molecular complexity index is 1630. The molecule has 0 spiro atoms. The molecular formula is C24H17FN6O3. The van der Waals surface area contributed by atoms with E-state index in [1.165, 1.54) is 25.3 Å². The Kier molecular flexibility index (Phi) is 5.84. The van der Waals surface area contributed by atoms with Gasteiger partial charge in [0.1, 0.15) is 17.4 Å². The molecule has 0 saturated carbocycles. The van der Waals surface area contributed by atoms with Gasteiger partial charge in [0.2, 0.25) is 0 Å². The number of hydrogen-bond acceptors (Lipinski definition) is 6. The highest BCUT2D eigenvalue weighted by molar-refractivity contribution is 5.95. The second-order valence-corrected chi connectivity index (χ2v) is 7.50. The molecule has 0 radical (unpaired) electrons. The first-order chi connectivity index (χ1) is 16.3. The number of carbonyl (C=O) groups is 1. The predicted octanol–water partition coefficient (Wildman–Crippen LogP) is 2.47. The van der Waals surface area contributed by atoms with Crippen molar-refractivity contribution in [2.45, 2.75) is 13.8 Å². The summed E-state index contributed by atoms with van der Waals surface area (Å²) < 4.78 is 14.1. The number of hydrazone groups is 1. The number of rotatable bonds is 4. The van der Waals surface area contributed by atoms with E-state index >= 15 is 0 Å². The zero-order valence-corrected chi connectivity index (χ0v) is 18.1. The Balaban J connectivity index is 1.67. The highest BCUT2D eigenvalue weighted by Gasteiger charge is 2.20. The standard InChI is InChI=1S/C24H17FN6O3/c1-13-3-8-20-15(9-13)10-16(22(32)28-20)12-27-29-23(33)21-14(2)19(11-26)24(34)31(30-21)18-6-4-17(25)5-7-18/h3-10,12H,1-2H3,(H,28,32)(H,29,33)/b27-12+. The summed E-state index contributed by atoms with van der Waals surface area (Å²) in [6.07, 6.45) is 1.19. The van der Waals surface area contributed by atoms with Crippen molar-refractivity contribution in [3.63, 3.8) is 0 Å². The van der Waals surface area contributed by atoms with E-state index in [2.05, 4.69) is 20.6 Å². The number of fused-ring (bicyclic) bond motifs is 1. The average Bonchev–Trinajstić information content (AvgIpc) is 2.81. The van der Waals surface area contributed by atoms with E-state index in [-0.39, 0.29) is 33.6 Å². The fourth-order valence-electron chi connectivity index (χ4n) is 3.36. The number of benzene rings is 2. The lowest BCUT2D eigenvalue weighted by atomic mass is 10.1. The molecule has 1 amide bonds. The zero-order valence-electron chi connectivity index (χ0n) is 18.1. The van der Waals surface area contributed by atoms with Gasteiger partial charge in [0.15, 0.2) is 5.69 Å². The van der Waals surface area contributed by atoms with Crippen LogP contribution < -0.4 is 16.5 Å². The van der Waals surface area contributed by atoms with Crippen molar-refractivity contribution < 1.29 is 9.18 Å². The average molecular weight is 456 g/mol. The fraction of sp³-hybridized carbons (Fsp3) is 0.0833. The molecule has 2 aromatic heterocycles. The molecule has 168 valence electrons. The molecule has 0 bridgehead atoms. The molecule has 0 aliphatic rings. The van der Waals surface area contributed by atoms with Crippen LogP contribution in [0, 0.1) is 31.0 Å². The third-order valence-electron chi connectivity index (χ3n) is 5.13. The summed E-state index contributed by atoms with van der Waals surface area (Å²) in [5, 5.41) is 18.1. The predicted molar refractivity (Wildman–Crippen MR) is 124 cm³/mol. The van der Waals surface area contributed by atoms with Crippen LogP contribution >= 0.6 is 0 Å². The second kappa shape index (κ2) is 8.91. The van der Waals surface area contributed by atoms with Gasteiger partial charge >= 0.3 is 0 Å². The molecule has 10 heteroatoms. The summed E-state index contributed by atoms with van der Waals surface area (Å²) >= 11 is 0. The number of aromatic nitrogens is 3. The summed E-state index contributed by atoms with van der Waals surface area (Å²) in [7, 11) is 0. The number of hydrogen-bond donors (Lipinski definition) is 2. The van der Waals surface area contributed by atoms with Gasteiger partial charge < -0.3 is 4.98 Å². The molecular weight excluding hydrogens is 439 g/mol. The summed E-state index contributed by atoms with van der Waals surface area (Å²) in [5.74, 6) is -1.32. The van der Waals surface area contributed by atoms with Gasteiger partial charge in [-0.15, -0.1) is 0 Å². The Morgan fingerprint density at radius 3 is 2.62 bits per heavy atom. The van der Waals surface area contributed by atoms with Crippen molar-refractivity contribution in [2.24, 2.45) is 5.10 Å². The number of halogens is 1. The fourth-order valence-corrected chi connectivity index (χ4v) is 3.36. The first kappa shape index (κ1) is 22.3.